The van der Waals surface area contributed by atoms with Crippen molar-refractivity contribution in [2.75, 3.05) is 0 Å². The standard InChI is InChI=1S/C28H34O3/c1-5-19(2)27(29)30-23-13-15-24(16-14-23)31-28(3,4)22-12-17-26-21(18-22)11-10-20-8-6-7-9-25(20)26/h6-12,17-19,23-24H,5,13-16H2,1-4H3. The highest BCUT2D eigenvalue weighted by Crippen LogP contribution is 2.35. The number of carbonyl (C=O) groups is 1. The Morgan fingerprint density at radius 3 is 2.32 bits per heavy atom. The molecule has 0 aromatic heterocycles. The van der Waals surface area contributed by atoms with Gasteiger partial charge in [0.1, 0.15) is 6.10 Å². The quantitative estimate of drug-likeness (QED) is 0.315. The second-order valence-electron chi connectivity index (χ2n) is 9.50. The second-order valence-corrected chi connectivity index (χ2v) is 9.50. The predicted molar refractivity (Wildman–Crippen MR) is 127 cm³/mol. The lowest BCUT2D eigenvalue weighted by molar-refractivity contribution is -0.159. The Labute approximate surface area is 185 Å². The Morgan fingerprint density at radius 1 is 0.935 bits per heavy atom. The van der Waals surface area contributed by atoms with E-state index in [1.807, 2.05) is 13.8 Å². The number of fused-ring (bicyclic) bond motifs is 3. The Hall–Kier alpha value is -2.39. The van der Waals surface area contributed by atoms with Gasteiger partial charge in [0.2, 0.25) is 0 Å². The van der Waals surface area contributed by atoms with Gasteiger partial charge in [-0.1, -0.05) is 62.4 Å². The van der Waals surface area contributed by atoms with Crippen LogP contribution >= 0.6 is 0 Å². The third kappa shape index (κ3) is 4.77. The maximum atomic E-state index is 12.1. The van der Waals surface area contributed by atoms with Gasteiger partial charge in [-0.05, 0) is 79.1 Å². The van der Waals surface area contributed by atoms with Crippen LogP contribution in [0.25, 0.3) is 21.5 Å². The molecule has 1 unspecified atom stereocenters. The zero-order valence-electron chi connectivity index (χ0n) is 19.2. The van der Waals surface area contributed by atoms with Crippen LogP contribution in [0.3, 0.4) is 0 Å². The molecule has 3 heteroatoms. The van der Waals surface area contributed by atoms with Gasteiger partial charge in [0.25, 0.3) is 0 Å². The first kappa shape index (κ1) is 21.8. The molecular formula is C28H34O3. The molecule has 164 valence electrons. The monoisotopic (exact) mass is 418 g/mol. The van der Waals surface area contributed by atoms with Gasteiger partial charge in [0.05, 0.1) is 17.6 Å². The third-order valence-corrected chi connectivity index (χ3v) is 6.82. The Balaban J connectivity index is 1.43. The predicted octanol–water partition coefficient (Wildman–Crippen LogP) is 7.15. The van der Waals surface area contributed by atoms with E-state index in [1.54, 1.807) is 0 Å². The van der Waals surface area contributed by atoms with Gasteiger partial charge < -0.3 is 9.47 Å². The molecule has 31 heavy (non-hydrogen) atoms. The molecule has 0 bridgehead atoms. The summed E-state index contributed by atoms with van der Waals surface area (Å²) in [6, 6.07) is 19.6. The second kappa shape index (κ2) is 9.00. The Kier molecular flexibility index (Phi) is 6.34. The molecule has 3 aromatic rings. The van der Waals surface area contributed by atoms with E-state index in [2.05, 4.69) is 68.4 Å². The fraction of sp³-hybridized carbons (Fsp3) is 0.464. The SMILES string of the molecule is CCC(C)C(=O)OC1CCC(OC(C)(C)c2ccc3c(ccc4ccccc43)c2)CC1. The molecule has 1 atom stereocenters. The van der Waals surface area contributed by atoms with E-state index in [9.17, 15) is 4.79 Å². The van der Waals surface area contributed by atoms with Crippen molar-refractivity contribution in [1.29, 1.82) is 0 Å². The highest BCUT2D eigenvalue weighted by atomic mass is 16.5. The summed E-state index contributed by atoms with van der Waals surface area (Å²) in [5, 5.41) is 5.08. The molecule has 0 heterocycles. The highest BCUT2D eigenvalue weighted by molar-refractivity contribution is 6.07. The lowest BCUT2D eigenvalue weighted by atomic mass is 9.91. The first-order valence-electron chi connectivity index (χ1n) is 11.7. The molecule has 4 rings (SSSR count). The average Bonchev–Trinajstić information content (AvgIpc) is 2.79. The van der Waals surface area contributed by atoms with Gasteiger partial charge in [0.15, 0.2) is 0 Å². The van der Waals surface area contributed by atoms with Crippen molar-refractivity contribution >= 4 is 27.5 Å². The van der Waals surface area contributed by atoms with Gasteiger partial charge >= 0.3 is 5.97 Å². The number of ether oxygens (including phenoxy) is 2. The smallest absolute Gasteiger partial charge is 0.308 e. The van der Waals surface area contributed by atoms with E-state index >= 15 is 0 Å². The van der Waals surface area contributed by atoms with Crippen LogP contribution in [-0.4, -0.2) is 18.2 Å². The van der Waals surface area contributed by atoms with Crippen molar-refractivity contribution in [2.24, 2.45) is 5.92 Å². The van der Waals surface area contributed by atoms with E-state index < -0.39 is 0 Å². The molecule has 3 nitrogen and oxygen atoms in total. The summed E-state index contributed by atoms with van der Waals surface area (Å²) >= 11 is 0. The average molecular weight is 419 g/mol. The van der Waals surface area contributed by atoms with Crippen LogP contribution in [0.5, 0.6) is 0 Å². The molecule has 3 aromatic carbocycles. The molecule has 0 N–H and O–H groups in total. The summed E-state index contributed by atoms with van der Waals surface area (Å²) in [6.07, 6.45) is 4.69. The van der Waals surface area contributed by atoms with Crippen LogP contribution in [0.15, 0.2) is 54.6 Å². The molecule has 0 amide bonds. The third-order valence-electron chi connectivity index (χ3n) is 6.82. The highest BCUT2D eigenvalue weighted by Gasteiger charge is 2.31. The topological polar surface area (TPSA) is 35.5 Å². The van der Waals surface area contributed by atoms with Crippen molar-refractivity contribution in [2.45, 2.75) is 77.6 Å². The van der Waals surface area contributed by atoms with E-state index in [-0.39, 0.29) is 29.7 Å². The molecule has 0 spiro atoms. The number of rotatable bonds is 6. The summed E-state index contributed by atoms with van der Waals surface area (Å²) in [4.78, 5) is 12.1. The van der Waals surface area contributed by atoms with Crippen LogP contribution in [-0.2, 0) is 19.9 Å². The van der Waals surface area contributed by atoms with Gasteiger partial charge in [-0.25, -0.2) is 0 Å². The minimum Gasteiger partial charge on any atom is -0.462 e. The number of hydrogen-bond donors (Lipinski definition) is 0. The van der Waals surface area contributed by atoms with E-state index in [0.29, 0.717) is 0 Å². The maximum Gasteiger partial charge on any atom is 0.308 e. The van der Waals surface area contributed by atoms with Crippen molar-refractivity contribution in [1.82, 2.24) is 0 Å². The minimum absolute atomic E-state index is 0.0158. The summed E-state index contributed by atoms with van der Waals surface area (Å²) in [5.74, 6) is -0.0752. The zero-order chi connectivity index (χ0) is 22.0. The largest absolute Gasteiger partial charge is 0.462 e. The summed E-state index contributed by atoms with van der Waals surface area (Å²) < 4.78 is 12.3. The van der Waals surface area contributed by atoms with Gasteiger partial charge in [-0.15, -0.1) is 0 Å². The molecule has 1 saturated carbocycles. The van der Waals surface area contributed by atoms with E-state index in [4.69, 9.17) is 9.47 Å². The minimum atomic E-state index is -0.370. The lowest BCUT2D eigenvalue weighted by Crippen LogP contribution is -2.34. The van der Waals surface area contributed by atoms with Crippen molar-refractivity contribution in [3.63, 3.8) is 0 Å². The van der Waals surface area contributed by atoms with Gasteiger partial charge in [-0.3, -0.25) is 4.79 Å². The van der Waals surface area contributed by atoms with Crippen LogP contribution in [0.4, 0.5) is 0 Å². The van der Waals surface area contributed by atoms with Crippen LogP contribution in [0, 0.1) is 5.92 Å². The first-order chi connectivity index (χ1) is 14.9. The molecule has 1 aliphatic rings. The van der Waals surface area contributed by atoms with E-state index in [0.717, 1.165) is 32.1 Å². The van der Waals surface area contributed by atoms with Crippen molar-refractivity contribution in [3.8, 4) is 0 Å². The first-order valence-corrected chi connectivity index (χ1v) is 11.7. The molecule has 0 radical (unpaired) electrons. The number of carbonyl (C=O) groups excluding carboxylic acids is 1. The lowest BCUT2D eigenvalue weighted by Gasteiger charge is -2.35. The molecule has 1 aliphatic carbocycles. The molecule has 1 fully saturated rings. The number of hydrogen-bond acceptors (Lipinski definition) is 3. The fourth-order valence-electron chi connectivity index (χ4n) is 4.59. The normalized spacial score (nSPS) is 20.6. The number of esters is 1. The zero-order valence-corrected chi connectivity index (χ0v) is 19.2. The van der Waals surface area contributed by atoms with Crippen LogP contribution in [0.2, 0.25) is 0 Å². The number of benzene rings is 3. The van der Waals surface area contributed by atoms with Crippen molar-refractivity contribution < 1.29 is 14.3 Å². The van der Waals surface area contributed by atoms with Gasteiger partial charge in [-0.2, -0.15) is 0 Å². The summed E-state index contributed by atoms with van der Waals surface area (Å²) in [6.45, 7) is 8.27. The Morgan fingerprint density at radius 2 is 1.58 bits per heavy atom. The van der Waals surface area contributed by atoms with Crippen molar-refractivity contribution in [3.05, 3.63) is 60.2 Å². The molecule has 0 aliphatic heterocycles. The molecule has 0 saturated heterocycles. The fourth-order valence-corrected chi connectivity index (χ4v) is 4.59. The molecular weight excluding hydrogens is 384 g/mol. The maximum absolute atomic E-state index is 12.1. The van der Waals surface area contributed by atoms with Crippen LogP contribution in [0.1, 0.15) is 65.4 Å². The van der Waals surface area contributed by atoms with Gasteiger partial charge in [0, 0.05) is 0 Å². The Bertz CT molecular complexity index is 1060. The van der Waals surface area contributed by atoms with E-state index in [1.165, 1.54) is 27.1 Å². The van der Waals surface area contributed by atoms with Crippen LogP contribution < -0.4 is 0 Å². The summed E-state index contributed by atoms with van der Waals surface area (Å²) in [7, 11) is 0. The summed E-state index contributed by atoms with van der Waals surface area (Å²) in [5.41, 5.74) is 0.825.